The van der Waals surface area contributed by atoms with Gasteiger partial charge in [-0.1, -0.05) is 0 Å². The van der Waals surface area contributed by atoms with E-state index in [2.05, 4.69) is 0 Å². The molecule has 0 bridgehead atoms. The molecule has 82 valence electrons. The number of epoxide rings is 1. The molecule has 0 amide bonds. The van der Waals surface area contributed by atoms with Crippen LogP contribution in [-0.2, 0) is 20.9 Å². The summed E-state index contributed by atoms with van der Waals surface area (Å²) in [6, 6.07) is 0. The Bertz CT molecular complexity index is 224. The van der Waals surface area contributed by atoms with E-state index < -0.39 is 12.4 Å². The summed E-state index contributed by atoms with van der Waals surface area (Å²) in [6.45, 7) is 0. The van der Waals surface area contributed by atoms with Gasteiger partial charge in [-0.2, -0.15) is 0 Å². The van der Waals surface area contributed by atoms with Gasteiger partial charge >= 0.3 is 0 Å². The third-order valence-electron chi connectivity index (χ3n) is 2.83. The van der Waals surface area contributed by atoms with Crippen LogP contribution in [0.3, 0.4) is 0 Å². The van der Waals surface area contributed by atoms with Crippen LogP contribution in [0, 0.1) is 5.92 Å². The second kappa shape index (κ2) is 4.24. The fourth-order valence-corrected chi connectivity index (χ4v) is 2.45. The Balaban J connectivity index is 1.89. The summed E-state index contributed by atoms with van der Waals surface area (Å²) in [7, 11) is 0. The normalized spacial score (nSPS) is 47.7. The number of aliphatic hydroxyl groups excluding tert-OH is 2. The fraction of sp³-hybridized carbons (Fsp3) is 1.00. The summed E-state index contributed by atoms with van der Waals surface area (Å²) in [4.78, 5) is 0. The summed E-state index contributed by atoms with van der Waals surface area (Å²) in [5.74, 6) is 0.112. The highest BCUT2D eigenvalue weighted by atomic mass is 32.2. The topological polar surface area (TPSA) is 79.3 Å². The maximum Gasteiger partial charge on any atom is 0.182 e. The van der Waals surface area contributed by atoms with Crippen LogP contribution in [0.4, 0.5) is 0 Å². The summed E-state index contributed by atoms with van der Waals surface area (Å²) < 4.78 is 20.1. The predicted molar refractivity (Wildman–Crippen MR) is 48.6 cm³/mol. The minimum absolute atomic E-state index is 0.112. The van der Waals surface area contributed by atoms with E-state index in [0.717, 1.165) is 0 Å². The van der Waals surface area contributed by atoms with Crippen LogP contribution >= 0.6 is 0 Å². The first kappa shape index (κ1) is 10.5. The third kappa shape index (κ3) is 2.32. The van der Waals surface area contributed by atoms with Crippen molar-refractivity contribution in [2.24, 2.45) is 5.92 Å². The van der Waals surface area contributed by atoms with Crippen molar-refractivity contribution in [1.29, 1.82) is 0 Å². The van der Waals surface area contributed by atoms with Gasteiger partial charge in [-0.3, -0.25) is 4.18 Å². The number of ether oxygens (including phenoxy) is 1. The third-order valence-corrected chi connectivity index (χ3v) is 3.22. The first-order chi connectivity index (χ1) is 6.70. The van der Waals surface area contributed by atoms with Crippen LogP contribution < -0.4 is 0 Å². The van der Waals surface area contributed by atoms with Crippen molar-refractivity contribution in [1.82, 2.24) is 0 Å². The lowest BCUT2D eigenvalue weighted by molar-refractivity contribution is 0.0262. The second-order valence-corrected chi connectivity index (χ2v) is 4.27. The molecule has 0 radical (unpaired) electrons. The highest BCUT2D eigenvalue weighted by Crippen LogP contribution is 2.38. The molecular formula is C8H14O5S. The number of hydrogen-bond acceptors (Lipinski definition) is 5. The van der Waals surface area contributed by atoms with Crippen molar-refractivity contribution >= 4 is 11.9 Å². The molecule has 0 aromatic carbocycles. The zero-order valence-corrected chi connectivity index (χ0v) is 8.47. The van der Waals surface area contributed by atoms with Crippen molar-refractivity contribution in [2.45, 2.75) is 43.9 Å². The Morgan fingerprint density at radius 1 is 1.29 bits per heavy atom. The largest absolute Gasteiger partial charge is 0.393 e. The molecule has 2 fully saturated rings. The molecule has 2 aliphatic rings. The SMILES string of the molecule is O=[SH]OC1CC(O)CC(C2OC2O)C1. The molecule has 0 aromatic rings. The second-order valence-electron chi connectivity index (χ2n) is 3.91. The van der Waals surface area contributed by atoms with E-state index in [1.54, 1.807) is 0 Å². The Kier molecular flexibility index (Phi) is 3.18. The Labute approximate surface area is 85.7 Å². The maximum absolute atomic E-state index is 10.2. The minimum Gasteiger partial charge on any atom is -0.393 e. The molecule has 5 atom stereocenters. The standard InChI is InChI=1S/C8H14O5S/c9-5-1-4(7-8(10)12-7)2-6(3-5)13-14-11/h4-10,14H,1-3H2. The van der Waals surface area contributed by atoms with E-state index in [1.807, 2.05) is 0 Å². The van der Waals surface area contributed by atoms with E-state index in [1.165, 1.54) is 0 Å². The molecule has 1 heterocycles. The lowest BCUT2D eigenvalue weighted by atomic mass is 9.83. The van der Waals surface area contributed by atoms with Gasteiger partial charge in [-0.05, 0) is 18.8 Å². The van der Waals surface area contributed by atoms with E-state index in [-0.39, 0.29) is 30.1 Å². The van der Waals surface area contributed by atoms with Crippen molar-refractivity contribution in [3.63, 3.8) is 0 Å². The Morgan fingerprint density at radius 2 is 2.00 bits per heavy atom. The van der Waals surface area contributed by atoms with Gasteiger partial charge < -0.3 is 14.9 Å². The molecular weight excluding hydrogens is 208 g/mol. The zero-order chi connectivity index (χ0) is 10.1. The molecule has 1 aliphatic heterocycles. The highest BCUT2D eigenvalue weighted by Gasteiger charge is 2.46. The molecule has 1 saturated heterocycles. The van der Waals surface area contributed by atoms with E-state index in [9.17, 15) is 9.32 Å². The molecule has 2 N–H and O–H groups in total. The van der Waals surface area contributed by atoms with Gasteiger partial charge in [0.2, 0.25) is 0 Å². The molecule has 2 rings (SSSR count). The number of aliphatic hydroxyl groups is 2. The minimum atomic E-state index is -0.684. The fourth-order valence-electron chi connectivity index (χ4n) is 2.15. The number of rotatable bonds is 3. The molecule has 0 aromatic heterocycles. The van der Waals surface area contributed by atoms with Crippen molar-refractivity contribution < 1.29 is 23.3 Å². The summed E-state index contributed by atoms with van der Waals surface area (Å²) in [5.41, 5.74) is 0. The highest BCUT2D eigenvalue weighted by molar-refractivity contribution is 7.60. The molecule has 14 heavy (non-hydrogen) atoms. The van der Waals surface area contributed by atoms with Crippen LogP contribution in [0.1, 0.15) is 19.3 Å². The van der Waals surface area contributed by atoms with Gasteiger partial charge in [-0.25, -0.2) is 4.21 Å². The van der Waals surface area contributed by atoms with Gasteiger partial charge in [0.15, 0.2) is 6.29 Å². The van der Waals surface area contributed by atoms with Crippen LogP contribution in [0.2, 0.25) is 0 Å². The monoisotopic (exact) mass is 222 g/mol. The first-order valence-electron chi connectivity index (χ1n) is 4.70. The molecule has 5 unspecified atom stereocenters. The van der Waals surface area contributed by atoms with Gasteiger partial charge in [-0.15, -0.1) is 0 Å². The lowest BCUT2D eigenvalue weighted by Gasteiger charge is -2.29. The average molecular weight is 222 g/mol. The summed E-state index contributed by atoms with van der Waals surface area (Å²) in [5, 5.41) is 18.6. The lowest BCUT2D eigenvalue weighted by Crippen LogP contribution is -2.33. The molecule has 1 aliphatic carbocycles. The number of hydrogen-bond donors (Lipinski definition) is 3. The van der Waals surface area contributed by atoms with E-state index in [0.29, 0.717) is 19.3 Å². The van der Waals surface area contributed by atoms with Crippen molar-refractivity contribution in [3.05, 3.63) is 0 Å². The van der Waals surface area contributed by atoms with Crippen LogP contribution in [0.25, 0.3) is 0 Å². The van der Waals surface area contributed by atoms with Gasteiger partial charge in [0.25, 0.3) is 0 Å². The first-order valence-corrected chi connectivity index (χ1v) is 5.44. The smallest absolute Gasteiger partial charge is 0.182 e. The van der Waals surface area contributed by atoms with Gasteiger partial charge in [0.05, 0.1) is 12.2 Å². The van der Waals surface area contributed by atoms with E-state index in [4.69, 9.17) is 14.0 Å². The molecule has 0 spiro atoms. The molecule has 1 saturated carbocycles. The van der Waals surface area contributed by atoms with Crippen LogP contribution in [0.15, 0.2) is 0 Å². The average Bonchev–Trinajstić information content (AvgIpc) is 2.82. The quantitative estimate of drug-likeness (QED) is 0.426. The molecule has 6 heteroatoms. The van der Waals surface area contributed by atoms with Crippen molar-refractivity contribution in [3.8, 4) is 0 Å². The number of thiol groups is 1. The maximum atomic E-state index is 10.2. The van der Waals surface area contributed by atoms with Crippen molar-refractivity contribution in [2.75, 3.05) is 0 Å². The van der Waals surface area contributed by atoms with Gasteiger partial charge in [0, 0.05) is 6.42 Å². The van der Waals surface area contributed by atoms with E-state index >= 15 is 0 Å². The van der Waals surface area contributed by atoms with Crippen LogP contribution in [-0.4, -0.2) is 39.0 Å². The van der Waals surface area contributed by atoms with Gasteiger partial charge in [0.1, 0.15) is 18.1 Å². The summed E-state index contributed by atoms with van der Waals surface area (Å²) in [6.07, 6.45) is 0.325. The Hall–Kier alpha value is -0.0100. The van der Waals surface area contributed by atoms with Crippen LogP contribution in [0.5, 0.6) is 0 Å². The summed E-state index contributed by atoms with van der Waals surface area (Å²) >= 11 is -0.354. The zero-order valence-electron chi connectivity index (χ0n) is 7.57. The predicted octanol–water partition coefficient (Wildman–Crippen LogP) is -0.890. The Morgan fingerprint density at radius 3 is 2.57 bits per heavy atom. The molecule has 5 nitrogen and oxygen atoms in total.